The molecule has 8 nitrogen and oxygen atoms in total. The normalized spacial score (nSPS) is 18.8. The third kappa shape index (κ3) is 5.14. The Balaban J connectivity index is 1.82. The van der Waals surface area contributed by atoms with E-state index in [2.05, 4.69) is 5.32 Å². The number of carbonyl (C=O) groups excluding carboxylic acids is 2. The monoisotopic (exact) mass is 462 g/mol. The summed E-state index contributed by atoms with van der Waals surface area (Å²) in [7, 11) is 0. The maximum absolute atomic E-state index is 13.3. The van der Waals surface area contributed by atoms with Crippen LogP contribution in [0.15, 0.2) is 21.0 Å². The molecule has 0 aliphatic heterocycles. The Kier molecular flexibility index (Phi) is 7.92. The Hall–Kier alpha value is -2.42. The van der Waals surface area contributed by atoms with Crippen LogP contribution < -0.4 is 16.6 Å². The Morgan fingerprint density at radius 1 is 1.12 bits per heavy atom. The molecule has 1 N–H and O–H groups in total. The van der Waals surface area contributed by atoms with Crippen molar-refractivity contribution in [3.05, 3.63) is 32.3 Å². The first-order valence-electron chi connectivity index (χ1n) is 11.6. The van der Waals surface area contributed by atoms with Gasteiger partial charge in [-0.25, -0.2) is 4.79 Å². The molecule has 0 unspecified atom stereocenters. The molecule has 9 heteroatoms. The van der Waals surface area contributed by atoms with Crippen LogP contribution in [-0.4, -0.2) is 45.0 Å². The molecule has 0 aromatic carbocycles. The third-order valence-corrected chi connectivity index (χ3v) is 7.23. The maximum Gasteiger partial charge on any atom is 0.332 e. The zero-order chi connectivity index (χ0) is 23.4. The third-order valence-electron chi connectivity index (χ3n) is 6.34. The van der Waals surface area contributed by atoms with Gasteiger partial charge in [-0.1, -0.05) is 0 Å². The van der Waals surface area contributed by atoms with E-state index in [1.54, 1.807) is 16.3 Å². The second kappa shape index (κ2) is 10.5. The van der Waals surface area contributed by atoms with Crippen molar-refractivity contribution in [3.8, 4) is 0 Å². The molecule has 0 spiro atoms. The first-order chi connectivity index (χ1) is 15.3. The summed E-state index contributed by atoms with van der Waals surface area (Å²) >= 11 is 1.30. The van der Waals surface area contributed by atoms with Gasteiger partial charge in [0.1, 0.15) is 11.2 Å². The topological polar surface area (TPSA) is 93.4 Å². The Bertz CT molecular complexity index is 1070. The van der Waals surface area contributed by atoms with Crippen LogP contribution in [0.5, 0.6) is 0 Å². The van der Waals surface area contributed by atoms with Gasteiger partial charge >= 0.3 is 5.69 Å². The fourth-order valence-corrected chi connectivity index (χ4v) is 5.37. The predicted octanol–water partition coefficient (Wildman–Crippen LogP) is 2.42. The van der Waals surface area contributed by atoms with Crippen LogP contribution >= 0.6 is 11.3 Å². The average molecular weight is 463 g/mol. The minimum absolute atomic E-state index is 0.00602. The summed E-state index contributed by atoms with van der Waals surface area (Å²) in [4.78, 5) is 53.0. The number of amides is 2. The van der Waals surface area contributed by atoms with Gasteiger partial charge in [-0.15, -0.1) is 11.3 Å². The Morgan fingerprint density at radius 3 is 2.38 bits per heavy atom. The molecule has 1 fully saturated rings. The van der Waals surface area contributed by atoms with Crippen molar-refractivity contribution < 1.29 is 9.59 Å². The molecule has 1 saturated carbocycles. The van der Waals surface area contributed by atoms with Crippen molar-refractivity contribution >= 4 is 33.4 Å². The summed E-state index contributed by atoms with van der Waals surface area (Å²) in [6.45, 7) is 9.11. The number of thiophene rings is 1. The first-order valence-corrected chi connectivity index (χ1v) is 12.4. The van der Waals surface area contributed by atoms with Crippen LogP contribution in [0.2, 0.25) is 0 Å². The van der Waals surface area contributed by atoms with Crippen LogP contribution in [0.3, 0.4) is 0 Å². The standard InChI is InChI=1S/C23H34N4O4S/c1-5-25(6-2)19(28)14-26-18-11-12-32-20(18)22(30)27(23(26)31)13-16-7-9-17(10-8-16)21(29)24-15(3)4/h11-12,15-17H,5-10,13-14H2,1-4H3,(H,24,29). The number of nitrogens with zero attached hydrogens (tertiary/aromatic N) is 3. The van der Waals surface area contributed by atoms with E-state index in [0.29, 0.717) is 29.9 Å². The van der Waals surface area contributed by atoms with Crippen molar-refractivity contribution in [2.45, 2.75) is 72.5 Å². The van der Waals surface area contributed by atoms with Crippen LogP contribution in [0.1, 0.15) is 53.4 Å². The number of hydrogen-bond acceptors (Lipinski definition) is 5. The van der Waals surface area contributed by atoms with Crippen molar-refractivity contribution in [2.24, 2.45) is 11.8 Å². The van der Waals surface area contributed by atoms with Gasteiger partial charge < -0.3 is 10.2 Å². The Morgan fingerprint density at radius 2 is 1.78 bits per heavy atom. The van der Waals surface area contributed by atoms with Gasteiger partial charge in [0.15, 0.2) is 0 Å². The quantitative estimate of drug-likeness (QED) is 0.652. The van der Waals surface area contributed by atoms with Gasteiger partial charge in [0.05, 0.1) is 5.52 Å². The van der Waals surface area contributed by atoms with E-state index in [1.165, 1.54) is 20.5 Å². The van der Waals surface area contributed by atoms with Crippen molar-refractivity contribution in [3.63, 3.8) is 0 Å². The average Bonchev–Trinajstić information content (AvgIpc) is 3.25. The molecule has 3 rings (SSSR count). The lowest BCUT2D eigenvalue weighted by Crippen LogP contribution is -2.44. The van der Waals surface area contributed by atoms with E-state index in [4.69, 9.17) is 0 Å². The van der Waals surface area contributed by atoms with Gasteiger partial charge in [-0.3, -0.25) is 23.5 Å². The van der Waals surface area contributed by atoms with Crippen LogP contribution in [0, 0.1) is 11.8 Å². The highest BCUT2D eigenvalue weighted by atomic mass is 32.1. The zero-order valence-corrected chi connectivity index (χ0v) is 20.2. The molecule has 1 aliphatic carbocycles. The molecule has 176 valence electrons. The summed E-state index contributed by atoms with van der Waals surface area (Å²) in [5.41, 5.74) is -0.192. The van der Waals surface area contributed by atoms with E-state index in [-0.39, 0.29) is 41.8 Å². The summed E-state index contributed by atoms with van der Waals surface area (Å²) in [6.07, 6.45) is 3.10. The number of rotatable bonds is 8. The van der Waals surface area contributed by atoms with E-state index >= 15 is 0 Å². The van der Waals surface area contributed by atoms with Crippen LogP contribution in [0.4, 0.5) is 0 Å². The fourth-order valence-electron chi connectivity index (χ4n) is 4.53. The second-order valence-electron chi connectivity index (χ2n) is 8.87. The van der Waals surface area contributed by atoms with Gasteiger partial charge in [0.2, 0.25) is 11.8 Å². The highest BCUT2D eigenvalue weighted by Crippen LogP contribution is 2.30. The fraction of sp³-hybridized carbons (Fsp3) is 0.652. The van der Waals surface area contributed by atoms with Gasteiger partial charge in [-0.05, 0) is 70.7 Å². The maximum atomic E-state index is 13.3. The molecule has 32 heavy (non-hydrogen) atoms. The highest BCUT2D eigenvalue weighted by Gasteiger charge is 2.28. The van der Waals surface area contributed by atoms with Gasteiger partial charge in [0.25, 0.3) is 5.56 Å². The van der Waals surface area contributed by atoms with Crippen molar-refractivity contribution in [1.29, 1.82) is 0 Å². The molecule has 0 saturated heterocycles. The Labute approximate surface area is 192 Å². The smallest absolute Gasteiger partial charge is 0.332 e. The molecule has 2 amide bonds. The molecule has 0 radical (unpaired) electrons. The number of nitrogens with one attached hydrogen (secondary N) is 1. The molecule has 2 aromatic rings. The number of carbonyl (C=O) groups is 2. The molecule has 2 heterocycles. The minimum Gasteiger partial charge on any atom is -0.354 e. The largest absolute Gasteiger partial charge is 0.354 e. The lowest BCUT2D eigenvalue weighted by atomic mass is 9.81. The van der Waals surface area contributed by atoms with Gasteiger partial charge in [-0.2, -0.15) is 0 Å². The summed E-state index contributed by atoms with van der Waals surface area (Å²) in [5, 5.41) is 4.76. The first kappa shape index (κ1) is 24.2. The molecular formula is C23H34N4O4S. The summed E-state index contributed by atoms with van der Waals surface area (Å²) in [6, 6.07) is 1.86. The highest BCUT2D eigenvalue weighted by molar-refractivity contribution is 7.17. The number of fused-ring (bicyclic) bond motifs is 1. The molecular weight excluding hydrogens is 428 g/mol. The number of aromatic nitrogens is 2. The molecule has 0 atom stereocenters. The van der Waals surface area contributed by atoms with E-state index in [1.807, 2.05) is 27.7 Å². The lowest BCUT2D eigenvalue weighted by molar-refractivity contribution is -0.131. The molecule has 0 bridgehead atoms. The second-order valence-corrected chi connectivity index (χ2v) is 9.78. The SMILES string of the molecule is CCN(CC)C(=O)Cn1c(=O)n(CC2CCC(C(=O)NC(C)C)CC2)c(=O)c2sccc21. The number of likely N-dealkylation sites (N-methyl/N-ethyl adjacent to an activating group) is 1. The summed E-state index contributed by atoms with van der Waals surface area (Å²) < 4.78 is 3.24. The van der Waals surface area contributed by atoms with Crippen LogP contribution in [0.25, 0.3) is 10.2 Å². The van der Waals surface area contributed by atoms with E-state index in [9.17, 15) is 19.2 Å². The minimum atomic E-state index is -0.430. The van der Waals surface area contributed by atoms with Crippen molar-refractivity contribution in [2.75, 3.05) is 13.1 Å². The molecule has 2 aromatic heterocycles. The summed E-state index contributed by atoms with van der Waals surface area (Å²) in [5.74, 6) is 0.112. The van der Waals surface area contributed by atoms with Crippen molar-refractivity contribution in [1.82, 2.24) is 19.4 Å². The lowest BCUT2D eigenvalue weighted by Gasteiger charge is -2.28. The van der Waals surface area contributed by atoms with E-state index < -0.39 is 5.69 Å². The zero-order valence-electron chi connectivity index (χ0n) is 19.4. The molecule has 1 aliphatic rings. The van der Waals surface area contributed by atoms with E-state index in [0.717, 1.165) is 25.7 Å². The van der Waals surface area contributed by atoms with Crippen LogP contribution in [-0.2, 0) is 22.7 Å². The van der Waals surface area contributed by atoms with Gasteiger partial charge in [0, 0.05) is 31.6 Å². The number of hydrogen-bond donors (Lipinski definition) is 1. The predicted molar refractivity (Wildman–Crippen MR) is 127 cm³/mol.